The Morgan fingerprint density at radius 3 is 2.54 bits per heavy atom. The van der Waals surface area contributed by atoms with Gasteiger partial charge in [-0.1, -0.05) is 6.92 Å². The molecule has 1 heterocycles. The van der Waals surface area contributed by atoms with Gasteiger partial charge in [-0.25, -0.2) is 0 Å². The molecule has 0 saturated carbocycles. The molecule has 0 amide bonds. The van der Waals surface area contributed by atoms with Crippen LogP contribution in [-0.2, 0) is 14.2 Å². The molecule has 0 unspecified atom stereocenters. The number of nitro benzene ring substituents is 1. The van der Waals surface area contributed by atoms with Crippen LogP contribution in [0.4, 0.5) is 5.69 Å². The molecule has 0 aliphatic carbocycles. The van der Waals surface area contributed by atoms with Gasteiger partial charge in [0.05, 0.1) is 11.0 Å². The summed E-state index contributed by atoms with van der Waals surface area (Å²) >= 11 is 4.99. The van der Waals surface area contributed by atoms with Crippen molar-refractivity contribution in [3.8, 4) is 5.75 Å². The van der Waals surface area contributed by atoms with E-state index in [1.54, 1.807) is 6.92 Å². The average Bonchev–Trinajstić information content (AvgIpc) is 2.61. The molecule has 1 aromatic carbocycles. The van der Waals surface area contributed by atoms with Crippen molar-refractivity contribution < 1.29 is 34.1 Å². The van der Waals surface area contributed by atoms with Crippen LogP contribution in [0.1, 0.15) is 20.3 Å². The Kier molecular flexibility index (Phi) is 7.23. The molecule has 0 aromatic heterocycles. The van der Waals surface area contributed by atoms with Crippen LogP contribution >= 0.6 is 12.2 Å². The molecular weight excluding hydrogens is 366 g/mol. The topological polar surface area (TPSA) is 121 Å². The average molecular weight is 387 g/mol. The summed E-state index contributed by atoms with van der Waals surface area (Å²) in [6.07, 6.45) is -4.40. The second-order valence-corrected chi connectivity index (χ2v) is 6.08. The molecule has 1 fully saturated rings. The highest BCUT2D eigenvalue weighted by Crippen LogP contribution is 2.25. The molecule has 2 rings (SSSR count). The largest absolute Gasteiger partial charge is 0.447 e. The van der Waals surface area contributed by atoms with Crippen molar-refractivity contribution in [2.45, 2.75) is 51.0 Å². The number of hydrogen-bond donors (Lipinski definition) is 2. The third kappa shape index (κ3) is 5.08. The van der Waals surface area contributed by atoms with Crippen LogP contribution in [0, 0.1) is 10.1 Å². The maximum Gasteiger partial charge on any atom is 0.358 e. The molecule has 1 aliphatic rings. The number of aliphatic hydroxyl groups is 2. The molecular formula is C16H21NO8S. The highest BCUT2D eigenvalue weighted by atomic mass is 32.1. The first-order valence-electron chi connectivity index (χ1n) is 8.09. The van der Waals surface area contributed by atoms with Crippen LogP contribution < -0.4 is 4.74 Å². The molecule has 1 aromatic rings. The highest BCUT2D eigenvalue weighted by molar-refractivity contribution is 7.79. The van der Waals surface area contributed by atoms with Gasteiger partial charge in [0.25, 0.3) is 5.69 Å². The maximum absolute atomic E-state index is 10.6. The molecule has 0 spiro atoms. The second kappa shape index (κ2) is 9.19. The van der Waals surface area contributed by atoms with E-state index in [0.717, 1.165) is 6.42 Å². The summed E-state index contributed by atoms with van der Waals surface area (Å²) in [5.41, 5.74) is -0.0933. The summed E-state index contributed by atoms with van der Waals surface area (Å²) in [6.45, 7) is 3.91. The predicted octanol–water partition coefficient (Wildman–Crippen LogP) is 1.54. The first-order chi connectivity index (χ1) is 12.3. The number of aliphatic hydroxyl groups excluding tert-OH is 2. The Hall–Kier alpha value is -1.85. The minimum Gasteiger partial charge on any atom is -0.447 e. The van der Waals surface area contributed by atoms with Gasteiger partial charge < -0.3 is 29.2 Å². The summed E-state index contributed by atoms with van der Waals surface area (Å²) in [6, 6.07) is 5.24. The second-order valence-electron chi connectivity index (χ2n) is 5.75. The molecule has 10 heteroatoms. The summed E-state index contributed by atoms with van der Waals surface area (Å²) in [5.74, 6) is 0.225. The van der Waals surface area contributed by atoms with Gasteiger partial charge in [-0.05, 0) is 25.5 Å². The molecule has 0 radical (unpaired) electrons. The lowest BCUT2D eigenvalue weighted by molar-refractivity contribution is -0.384. The third-order valence-electron chi connectivity index (χ3n) is 3.75. The van der Waals surface area contributed by atoms with E-state index in [1.165, 1.54) is 24.3 Å². The monoisotopic (exact) mass is 387 g/mol. The fourth-order valence-corrected chi connectivity index (χ4v) is 2.58. The molecule has 9 nitrogen and oxygen atoms in total. The molecule has 2 N–H and O–H groups in total. The SMILES string of the molecule is CCCO[C@@H]1O[C@@H](C)[C@H](O)[C@@H](OC(=S)Oc2ccc([N+](=O)[O-])cc2)[C@H]1O. The van der Waals surface area contributed by atoms with E-state index in [4.69, 9.17) is 31.2 Å². The lowest BCUT2D eigenvalue weighted by Gasteiger charge is -2.40. The summed E-state index contributed by atoms with van der Waals surface area (Å²) in [5, 5.41) is 30.8. The first kappa shape index (κ1) is 20.5. The predicted molar refractivity (Wildman–Crippen MR) is 93.8 cm³/mol. The molecule has 0 bridgehead atoms. The van der Waals surface area contributed by atoms with Crippen molar-refractivity contribution in [1.29, 1.82) is 0 Å². The van der Waals surface area contributed by atoms with Gasteiger partial charge in [0.1, 0.15) is 18.0 Å². The van der Waals surface area contributed by atoms with Crippen LogP contribution in [0.2, 0.25) is 0 Å². The van der Waals surface area contributed by atoms with E-state index in [-0.39, 0.29) is 16.7 Å². The highest BCUT2D eigenvalue weighted by Gasteiger charge is 2.45. The van der Waals surface area contributed by atoms with Crippen molar-refractivity contribution in [3.05, 3.63) is 34.4 Å². The maximum atomic E-state index is 10.6. The Bertz CT molecular complexity index is 625. The van der Waals surface area contributed by atoms with Crippen LogP contribution in [-0.4, -0.2) is 57.7 Å². The van der Waals surface area contributed by atoms with Crippen molar-refractivity contribution in [2.24, 2.45) is 0 Å². The molecule has 1 aliphatic heterocycles. The van der Waals surface area contributed by atoms with Gasteiger partial charge >= 0.3 is 5.24 Å². The third-order valence-corrected chi connectivity index (χ3v) is 3.93. The van der Waals surface area contributed by atoms with Gasteiger partial charge in [0.15, 0.2) is 12.4 Å². The van der Waals surface area contributed by atoms with Gasteiger partial charge in [-0.2, -0.15) is 0 Å². The van der Waals surface area contributed by atoms with E-state index < -0.39 is 35.6 Å². The van der Waals surface area contributed by atoms with Crippen LogP contribution in [0.15, 0.2) is 24.3 Å². The zero-order chi connectivity index (χ0) is 19.3. The van der Waals surface area contributed by atoms with Crippen LogP contribution in [0.3, 0.4) is 0 Å². The molecule has 144 valence electrons. The van der Waals surface area contributed by atoms with Gasteiger partial charge in [0, 0.05) is 31.0 Å². The smallest absolute Gasteiger partial charge is 0.358 e. The first-order valence-corrected chi connectivity index (χ1v) is 8.50. The normalized spacial score (nSPS) is 28.4. The number of benzene rings is 1. The van der Waals surface area contributed by atoms with E-state index in [0.29, 0.717) is 6.61 Å². The number of non-ortho nitro benzene ring substituents is 1. The number of nitrogens with zero attached hydrogens (tertiary/aromatic N) is 1. The fourth-order valence-electron chi connectivity index (χ4n) is 2.38. The summed E-state index contributed by atoms with van der Waals surface area (Å²) < 4.78 is 21.5. The Labute approximate surface area is 155 Å². The number of nitro groups is 1. The van der Waals surface area contributed by atoms with E-state index in [2.05, 4.69) is 0 Å². The van der Waals surface area contributed by atoms with Crippen LogP contribution in [0.25, 0.3) is 0 Å². The summed E-state index contributed by atoms with van der Waals surface area (Å²) in [7, 11) is 0. The molecule has 1 saturated heterocycles. The van der Waals surface area contributed by atoms with E-state index in [1.807, 2.05) is 6.92 Å². The van der Waals surface area contributed by atoms with Crippen molar-refractivity contribution >= 4 is 23.1 Å². The Morgan fingerprint density at radius 2 is 1.96 bits per heavy atom. The van der Waals surface area contributed by atoms with Crippen molar-refractivity contribution in [3.63, 3.8) is 0 Å². The lowest BCUT2D eigenvalue weighted by atomic mass is 10.00. The Balaban J connectivity index is 1.99. The van der Waals surface area contributed by atoms with Crippen molar-refractivity contribution in [1.82, 2.24) is 0 Å². The number of rotatable bonds is 6. The minimum absolute atomic E-state index is 0.0933. The quantitative estimate of drug-likeness (QED) is 0.425. The minimum atomic E-state index is -1.27. The lowest BCUT2D eigenvalue weighted by Crippen LogP contribution is -2.59. The standard InChI is InChI=1S/C16H21NO8S/c1-3-8-22-15-13(19)14(12(18)9(2)23-15)25-16(26)24-11-6-4-10(5-7-11)17(20)21/h4-7,9,12-15,18-19H,3,8H2,1-2H3/t9-,12-,13+,14+,15+/m0/s1. The summed E-state index contributed by atoms with van der Waals surface area (Å²) in [4.78, 5) is 10.1. The fraction of sp³-hybridized carbons (Fsp3) is 0.562. The number of thiocarbonyl (C=S) groups is 1. The van der Waals surface area contributed by atoms with Gasteiger partial charge in [0.2, 0.25) is 0 Å². The van der Waals surface area contributed by atoms with E-state index >= 15 is 0 Å². The number of ether oxygens (including phenoxy) is 4. The van der Waals surface area contributed by atoms with Crippen LogP contribution in [0.5, 0.6) is 5.75 Å². The van der Waals surface area contributed by atoms with Gasteiger partial charge in [-0.15, -0.1) is 0 Å². The zero-order valence-corrected chi connectivity index (χ0v) is 15.1. The Morgan fingerprint density at radius 1 is 1.31 bits per heavy atom. The zero-order valence-electron chi connectivity index (χ0n) is 14.3. The molecule has 5 atom stereocenters. The van der Waals surface area contributed by atoms with Crippen molar-refractivity contribution in [2.75, 3.05) is 6.61 Å². The molecule has 26 heavy (non-hydrogen) atoms. The number of hydrogen-bond acceptors (Lipinski definition) is 9. The van der Waals surface area contributed by atoms with Gasteiger partial charge in [-0.3, -0.25) is 10.1 Å². The van der Waals surface area contributed by atoms with E-state index in [9.17, 15) is 20.3 Å².